The van der Waals surface area contributed by atoms with Gasteiger partial charge in [0, 0.05) is 5.56 Å². The van der Waals surface area contributed by atoms with Gasteiger partial charge < -0.3 is 9.47 Å². The second-order valence-electron chi connectivity index (χ2n) is 2.97. The molecule has 5 heteroatoms. The van der Waals surface area contributed by atoms with Crippen molar-refractivity contribution in [3.63, 3.8) is 0 Å². The Morgan fingerprint density at radius 2 is 1.80 bits per heavy atom. The van der Waals surface area contributed by atoms with Gasteiger partial charge in [-0.3, -0.25) is 0 Å². The summed E-state index contributed by atoms with van der Waals surface area (Å²) in [7, 11) is 2.74. The van der Waals surface area contributed by atoms with Crippen molar-refractivity contribution >= 4 is 0 Å². The lowest BCUT2D eigenvalue weighted by Gasteiger charge is -2.12. The molecule has 0 aliphatic carbocycles. The van der Waals surface area contributed by atoms with Crippen molar-refractivity contribution in [3.8, 4) is 11.5 Å². The van der Waals surface area contributed by atoms with Crippen LogP contribution in [0, 0.1) is 0 Å². The molecule has 0 aliphatic heterocycles. The first kappa shape index (κ1) is 11.7. The van der Waals surface area contributed by atoms with Crippen LogP contribution in [0.15, 0.2) is 18.2 Å². The zero-order valence-electron chi connectivity index (χ0n) is 8.39. The van der Waals surface area contributed by atoms with E-state index in [1.165, 1.54) is 26.4 Å². The molecule has 0 N–H and O–H groups in total. The molecule has 0 heterocycles. The lowest BCUT2D eigenvalue weighted by molar-refractivity contribution is -0.127. The number of rotatable bonds is 3. The van der Waals surface area contributed by atoms with Crippen LogP contribution in [0.5, 0.6) is 11.5 Å². The number of hydrogen-bond donors (Lipinski definition) is 0. The zero-order chi connectivity index (χ0) is 11.5. The van der Waals surface area contributed by atoms with Gasteiger partial charge in [-0.1, -0.05) is 0 Å². The lowest BCUT2D eigenvalue weighted by atomic mass is 10.1. The van der Waals surface area contributed by atoms with Gasteiger partial charge >= 0.3 is 6.18 Å². The molecule has 1 aromatic carbocycles. The third kappa shape index (κ3) is 3.34. The molecule has 0 aromatic heterocycles. The van der Waals surface area contributed by atoms with Gasteiger partial charge in [-0.05, 0) is 18.2 Å². The topological polar surface area (TPSA) is 18.5 Å². The Kier molecular flexibility index (Phi) is 3.44. The van der Waals surface area contributed by atoms with Gasteiger partial charge in [0.05, 0.1) is 20.6 Å². The Morgan fingerprint density at radius 1 is 1.13 bits per heavy atom. The molecule has 0 atom stereocenters. The highest BCUT2D eigenvalue weighted by molar-refractivity contribution is 5.40. The highest BCUT2D eigenvalue weighted by Crippen LogP contribution is 2.30. The summed E-state index contributed by atoms with van der Waals surface area (Å²) in [5.41, 5.74) is 0.0735. The van der Waals surface area contributed by atoms with E-state index in [1.807, 2.05) is 0 Å². The minimum atomic E-state index is -4.25. The number of hydrogen-bond acceptors (Lipinski definition) is 2. The third-order valence-corrected chi connectivity index (χ3v) is 1.88. The van der Waals surface area contributed by atoms with Crippen LogP contribution in [-0.4, -0.2) is 20.4 Å². The minimum Gasteiger partial charge on any atom is -0.497 e. The normalized spacial score (nSPS) is 11.3. The van der Waals surface area contributed by atoms with E-state index in [0.29, 0.717) is 5.75 Å². The van der Waals surface area contributed by atoms with Crippen molar-refractivity contribution in [2.45, 2.75) is 12.6 Å². The van der Waals surface area contributed by atoms with Gasteiger partial charge in [0.1, 0.15) is 11.5 Å². The number of halogens is 3. The number of benzene rings is 1. The van der Waals surface area contributed by atoms with Crippen LogP contribution in [0.4, 0.5) is 13.2 Å². The predicted octanol–water partition coefficient (Wildman–Crippen LogP) is 2.81. The van der Waals surface area contributed by atoms with Crippen LogP contribution in [0.1, 0.15) is 5.56 Å². The van der Waals surface area contributed by atoms with Crippen molar-refractivity contribution < 1.29 is 22.6 Å². The van der Waals surface area contributed by atoms with Crippen molar-refractivity contribution in [1.29, 1.82) is 0 Å². The first-order valence-corrected chi connectivity index (χ1v) is 4.24. The average molecular weight is 220 g/mol. The van der Waals surface area contributed by atoms with E-state index in [2.05, 4.69) is 0 Å². The molecule has 0 bridgehead atoms. The van der Waals surface area contributed by atoms with E-state index in [0.717, 1.165) is 0 Å². The van der Waals surface area contributed by atoms with E-state index >= 15 is 0 Å². The fourth-order valence-electron chi connectivity index (χ4n) is 1.24. The van der Waals surface area contributed by atoms with Crippen LogP contribution >= 0.6 is 0 Å². The van der Waals surface area contributed by atoms with Crippen molar-refractivity contribution in [2.75, 3.05) is 14.2 Å². The molecule has 15 heavy (non-hydrogen) atoms. The lowest BCUT2D eigenvalue weighted by Crippen LogP contribution is -2.12. The summed E-state index contributed by atoms with van der Waals surface area (Å²) in [6.45, 7) is 0. The van der Waals surface area contributed by atoms with Crippen LogP contribution in [-0.2, 0) is 6.42 Å². The van der Waals surface area contributed by atoms with Crippen LogP contribution in [0.2, 0.25) is 0 Å². The summed E-state index contributed by atoms with van der Waals surface area (Å²) >= 11 is 0. The summed E-state index contributed by atoms with van der Waals surface area (Å²) < 4.78 is 46.3. The molecule has 1 aromatic rings. The Bertz CT molecular complexity index is 334. The van der Waals surface area contributed by atoms with Crippen molar-refractivity contribution in [1.82, 2.24) is 0 Å². The zero-order valence-corrected chi connectivity index (χ0v) is 8.39. The molecule has 0 aliphatic rings. The second kappa shape index (κ2) is 4.42. The summed E-state index contributed by atoms with van der Waals surface area (Å²) in [6.07, 6.45) is -5.27. The van der Waals surface area contributed by atoms with Gasteiger partial charge in [-0.15, -0.1) is 0 Å². The SMILES string of the molecule is COc1ccc(OC)c(CC(F)(F)F)c1. The third-order valence-electron chi connectivity index (χ3n) is 1.88. The Balaban J connectivity index is 3.01. The van der Waals surface area contributed by atoms with Crippen molar-refractivity contribution in [2.24, 2.45) is 0 Å². The first-order chi connectivity index (χ1) is 6.96. The van der Waals surface area contributed by atoms with Crippen LogP contribution in [0.25, 0.3) is 0 Å². The maximum atomic E-state index is 12.2. The molecule has 1 rings (SSSR count). The molecule has 84 valence electrons. The van der Waals surface area contributed by atoms with E-state index < -0.39 is 12.6 Å². The molecule has 0 radical (unpaired) electrons. The highest BCUT2D eigenvalue weighted by atomic mass is 19.4. The standard InChI is InChI=1S/C10H11F3O2/c1-14-8-3-4-9(15-2)7(5-8)6-10(11,12)13/h3-5H,6H2,1-2H3. The average Bonchev–Trinajstić information content (AvgIpc) is 2.15. The molecule has 0 saturated heterocycles. The fourth-order valence-corrected chi connectivity index (χ4v) is 1.24. The van der Waals surface area contributed by atoms with Gasteiger partial charge in [0.2, 0.25) is 0 Å². The van der Waals surface area contributed by atoms with Gasteiger partial charge in [0.25, 0.3) is 0 Å². The summed E-state index contributed by atoms with van der Waals surface area (Å²) in [6, 6.07) is 4.34. The fraction of sp³-hybridized carbons (Fsp3) is 0.400. The van der Waals surface area contributed by atoms with Gasteiger partial charge in [-0.2, -0.15) is 13.2 Å². The van der Waals surface area contributed by atoms with Crippen LogP contribution < -0.4 is 9.47 Å². The first-order valence-electron chi connectivity index (χ1n) is 4.24. The number of methoxy groups -OCH3 is 2. The maximum absolute atomic E-state index is 12.2. The molecular weight excluding hydrogens is 209 g/mol. The van der Waals surface area contributed by atoms with Crippen LogP contribution in [0.3, 0.4) is 0 Å². The van der Waals surface area contributed by atoms with E-state index in [9.17, 15) is 13.2 Å². The summed E-state index contributed by atoms with van der Waals surface area (Å²) in [5, 5.41) is 0. The maximum Gasteiger partial charge on any atom is 0.393 e. The quantitative estimate of drug-likeness (QED) is 0.779. The Labute approximate surface area is 85.6 Å². The summed E-state index contributed by atoms with van der Waals surface area (Å²) in [5.74, 6) is 0.600. The monoisotopic (exact) mass is 220 g/mol. The van der Waals surface area contributed by atoms with Gasteiger partial charge in [-0.25, -0.2) is 0 Å². The molecule has 0 fully saturated rings. The molecule has 2 nitrogen and oxygen atoms in total. The summed E-state index contributed by atoms with van der Waals surface area (Å²) in [4.78, 5) is 0. The molecule has 0 unspecified atom stereocenters. The highest BCUT2D eigenvalue weighted by Gasteiger charge is 2.29. The minimum absolute atomic E-state index is 0.0735. The Morgan fingerprint density at radius 3 is 2.27 bits per heavy atom. The van der Waals surface area contributed by atoms with E-state index in [4.69, 9.17) is 9.47 Å². The number of alkyl halides is 3. The second-order valence-corrected chi connectivity index (χ2v) is 2.97. The predicted molar refractivity (Wildman–Crippen MR) is 49.3 cm³/mol. The molecule has 0 spiro atoms. The smallest absolute Gasteiger partial charge is 0.393 e. The van der Waals surface area contributed by atoms with E-state index in [-0.39, 0.29) is 11.3 Å². The van der Waals surface area contributed by atoms with E-state index in [1.54, 1.807) is 6.07 Å². The van der Waals surface area contributed by atoms with Crippen molar-refractivity contribution in [3.05, 3.63) is 23.8 Å². The molecular formula is C10H11F3O2. The number of ether oxygens (including phenoxy) is 2. The van der Waals surface area contributed by atoms with Gasteiger partial charge in [0.15, 0.2) is 0 Å². The Hall–Kier alpha value is -1.39. The largest absolute Gasteiger partial charge is 0.497 e. The molecule has 0 amide bonds. The molecule has 0 saturated carbocycles.